The maximum absolute atomic E-state index is 11.4. The van der Waals surface area contributed by atoms with Crippen LogP contribution < -0.4 is 4.90 Å². The summed E-state index contributed by atoms with van der Waals surface area (Å²) in [7, 11) is 0. The van der Waals surface area contributed by atoms with Crippen LogP contribution in [0.3, 0.4) is 0 Å². The summed E-state index contributed by atoms with van der Waals surface area (Å²) in [6, 6.07) is 3.57. The molecule has 5 heteroatoms. The zero-order valence-corrected chi connectivity index (χ0v) is 10.2. The number of fused-ring (bicyclic) bond motifs is 1. The van der Waals surface area contributed by atoms with Gasteiger partial charge in [-0.3, -0.25) is 0 Å². The third-order valence-corrected chi connectivity index (χ3v) is 4.20. The van der Waals surface area contributed by atoms with E-state index in [2.05, 4.69) is 10.2 Å². The molecule has 1 aliphatic carbocycles. The molecule has 3 atom stereocenters. The molecule has 0 radical (unpaired) electrons. The molecule has 5 nitrogen and oxygen atoms in total. The largest absolute Gasteiger partial charge is 0.480 e. The van der Waals surface area contributed by atoms with Crippen LogP contribution in [0.4, 0.5) is 5.82 Å². The highest BCUT2D eigenvalue weighted by atomic mass is 16.4. The van der Waals surface area contributed by atoms with Crippen molar-refractivity contribution in [3.05, 3.63) is 18.3 Å². The minimum absolute atomic E-state index is 0.330. The normalized spacial score (nSPS) is 31.1. The van der Waals surface area contributed by atoms with Gasteiger partial charge in [0.2, 0.25) is 0 Å². The third-order valence-electron chi connectivity index (χ3n) is 4.20. The van der Waals surface area contributed by atoms with Gasteiger partial charge in [-0.2, -0.15) is 5.10 Å². The fourth-order valence-electron chi connectivity index (χ4n) is 3.44. The quantitative estimate of drug-likeness (QED) is 0.861. The van der Waals surface area contributed by atoms with Gasteiger partial charge in [-0.15, -0.1) is 5.10 Å². The van der Waals surface area contributed by atoms with E-state index in [1.807, 2.05) is 17.0 Å². The Morgan fingerprint density at radius 3 is 2.94 bits per heavy atom. The Hall–Kier alpha value is -1.65. The molecule has 1 saturated heterocycles. The second kappa shape index (κ2) is 4.55. The maximum Gasteiger partial charge on any atom is 0.326 e. The summed E-state index contributed by atoms with van der Waals surface area (Å²) < 4.78 is 0. The number of hydrogen-bond donors (Lipinski definition) is 1. The van der Waals surface area contributed by atoms with Crippen molar-refractivity contribution in [1.82, 2.24) is 10.2 Å². The lowest BCUT2D eigenvalue weighted by atomic mass is 9.85. The Morgan fingerprint density at radius 2 is 2.22 bits per heavy atom. The zero-order valence-electron chi connectivity index (χ0n) is 10.2. The first kappa shape index (κ1) is 11.4. The number of rotatable bonds is 2. The molecule has 0 aromatic carbocycles. The van der Waals surface area contributed by atoms with Crippen molar-refractivity contribution < 1.29 is 9.90 Å². The van der Waals surface area contributed by atoms with E-state index in [9.17, 15) is 9.90 Å². The molecule has 3 rings (SSSR count). The Bertz CT molecular complexity index is 437. The van der Waals surface area contributed by atoms with Gasteiger partial charge in [-0.1, -0.05) is 12.8 Å². The van der Waals surface area contributed by atoms with Crippen LogP contribution >= 0.6 is 0 Å². The molecule has 18 heavy (non-hydrogen) atoms. The topological polar surface area (TPSA) is 66.3 Å². The van der Waals surface area contributed by atoms with Crippen LogP contribution in [0.15, 0.2) is 18.3 Å². The van der Waals surface area contributed by atoms with Gasteiger partial charge < -0.3 is 10.0 Å². The van der Waals surface area contributed by atoms with Crippen LogP contribution in [0.5, 0.6) is 0 Å². The molecular formula is C13H17N3O2. The van der Waals surface area contributed by atoms with Gasteiger partial charge in [0.05, 0.1) is 0 Å². The van der Waals surface area contributed by atoms with Crippen molar-refractivity contribution >= 4 is 11.8 Å². The minimum Gasteiger partial charge on any atom is -0.480 e. The number of carboxylic acid groups (broad SMARTS) is 1. The fourth-order valence-corrected chi connectivity index (χ4v) is 3.44. The van der Waals surface area contributed by atoms with Crippen LogP contribution in [0.2, 0.25) is 0 Å². The molecule has 3 unspecified atom stereocenters. The molecule has 1 aromatic heterocycles. The molecule has 1 aromatic rings. The highest BCUT2D eigenvalue weighted by Gasteiger charge is 2.45. The van der Waals surface area contributed by atoms with E-state index >= 15 is 0 Å². The minimum atomic E-state index is -0.741. The molecule has 2 aliphatic rings. The number of hydrogen-bond acceptors (Lipinski definition) is 4. The summed E-state index contributed by atoms with van der Waals surface area (Å²) in [5, 5.41) is 17.4. The summed E-state index contributed by atoms with van der Waals surface area (Å²) in [6.07, 6.45) is 6.99. The van der Waals surface area contributed by atoms with Crippen LogP contribution in [0.25, 0.3) is 0 Å². The highest BCUT2D eigenvalue weighted by molar-refractivity contribution is 5.79. The lowest BCUT2D eigenvalue weighted by molar-refractivity contribution is -0.138. The summed E-state index contributed by atoms with van der Waals surface area (Å²) in [6.45, 7) is 0. The van der Waals surface area contributed by atoms with E-state index in [0.717, 1.165) is 19.3 Å². The average molecular weight is 247 g/mol. The van der Waals surface area contributed by atoms with E-state index < -0.39 is 12.0 Å². The highest BCUT2D eigenvalue weighted by Crippen LogP contribution is 2.41. The molecule has 2 heterocycles. The monoisotopic (exact) mass is 247 g/mol. The van der Waals surface area contributed by atoms with Crippen molar-refractivity contribution in [3.63, 3.8) is 0 Å². The first-order chi connectivity index (χ1) is 8.77. The number of carboxylic acids is 1. The van der Waals surface area contributed by atoms with Crippen LogP contribution in [-0.2, 0) is 4.79 Å². The fraction of sp³-hybridized carbons (Fsp3) is 0.615. The van der Waals surface area contributed by atoms with Gasteiger partial charge in [-0.25, -0.2) is 4.79 Å². The summed E-state index contributed by atoms with van der Waals surface area (Å²) in [4.78, 5) is 13.4. The Balaban J connectivity index is 1.94. The Morgan fingerprint density at radius 1 is 1.39 bits per heavy atom. The summed E-state index contributed by atoms with van der Waals surface area (Å²) >= 11 is 0. The SMILES string of the molecule is O=C(O)C1CC2CCCCC2N1c1cccnn1. The van der Waals surface area contributed by atoms with E-state index in [-0.39, 0.29) is 0 Å². The van der Waals surface area contributed by atoms with Crippen molar-refractivity contribution in [2.45, 2.75) is 44.2 Å². The lowest BCUT2D eigenvalue weighted by Crippen LogP contribution is -2.43. The molecule has 2 fully saturated rings. The number of aliphatic carboxylic acids is 1. The molecular weight excluding hydrogens is 230 g/mol. The van der Waals surface area contributed by atoms with E-state index in [0.29, 0.717) is 17.8 Å². The molecule has 1 aliphatic heterocycles. The van der Waals surface area contributed by atoms with Crippen molar-refractivity contribution in [1.29, 1.82) is 0 Å². The molecule has 0 amide bonds. The standard InChI is InChI=1S/C13H17N3O2/c17-13(18)11-8-9-4-1-2-5-10(9)16(11)12-6-3-7-14-15-12/h3,6-7,9-11H,1-2,4-5,8H2,(H,17,18). The number of anilines is 1. The summed E-state index contributed by atoms with van der Waals surface area (Å²) in [5.74, 6) is 0.469. The smallest absolute Gasteiger partial charge is 0.326 e. The number of nitrogens with zero attached hydrogens (tertiary/aromatic N) is 3. The van der Waals surface area contributed by atoms with Gasteiger partial charge in [0.1, 0.15) is 6.04 Å². The second-order valence-corrected chi connectivity index (χ2v) is 5.19. The molecule has 96 valence electrons. The van der Waals surface area contributed by atoms with Crippen LogP contribution in [0.1, 0.15) is 32.1 Å². The molecule has 1 saturated carbocycles. The van der Waals surface area contributed by atoms with E-state index in [1.165, 1.54) is 12.8 Å². The Labute approximate surface area is 106 Å². The third kappa shape index (κ3) is 1.83. The van der Waals surface area contributed by atoms with Gasteiger partial charge in [-0.05, 0) is 37.3 Å². The number of aromatic nitrogens is 2. The molecule has 1 N–H and O–H groups in total. The van der Waals surface area contributed by atoms with Gasteiger partial charge in [0, 0.05) is 12.2 Å². The number of carbonyl (C=O) groups is 1. The van der Waals surface area contributed by atoms with Crippen molar-refractivity contribution in [2.24, 2.45) is 5.92 Å². The van der Waals surface area contributed by atoms with E-state index in [4.69, 9.17) is 0 Å². The maximum atomic E-state index is 11.4. The van der Waals surface area contributed by atoms with Crippen molar-refractivity contribution in [2.75, 3.05) is 4.90 Å². The van der Waals surface area contributed by atoms with Crippen molar-refractivity contribution in [3.8, 4) is 0 Å². The first-order valence-electron chi connectivity index (χ1n) is 6.56. The van der Waals surface area contributed by atoms with Gasteiger partial charge in [0.25, 0.3) is 0 Å². The molecule has 0 bridgehead atoms. The van der Waals surface area contributed by atoms with Crippen LogP contribution in [0, 0.1) is 5.92 Å². The summed E-state index contributed by atoms with van der Waals surface area (Å²) in [5.41, 5.74) is 0. The average Bonchev–Trinajstić information content (AvgIpc) is 2.79. The molecule has 0 spiro atoms. The van der Waals surface area contributed by atoms with Gasteiger partial charge in [0.15, 0.2) is 5.82 Å². The zero-order chi connectivity index (χ0) is 12.5. The second-order valence-electron chi connectivity index (χ2n) is 5.19. The Kier molecular flexibility index (Phi) is 2.89. The first-order valence-corrected chi connectivity index (χ1v) is 6.56. The van der Waals surface area contributed by atoms with Crippen LogP contribution in [-0.4, -0.2) is 33.4 Å². The predicted molar refractivity (Wildman–Crippen MR) is 66.3 cm³/mol. The predicted octanol–water partition coefficient (Wildman–Crippen LogP) is 1.70. The van der Waals surface area contributed by atoms with Gasteiger partial charge >= 0.3 is 5.97 Å². The van der Waals surface area contributed by atoms with E-state index in [1.54, 1.807) is 6.20 Å². The lowest BCUT2D eigenvalue weighted by Gasteiger charge is -2.33.